The van der Waals surface area contributed by atoms with E-state index < -0.39 is 0 Å². The van der Waals surface area contributed by atoms with Gasteiger partial charge in [0.1, 0.15) is 0 Å². The van der Waals surface area contributed by atoms with Crippen LogP contribution in [0.1, 0.15) is 84.5 Å². The maximum absolute atomic E-state index is 6.24. The van der Waals surface area contributed by atoms with Crippen LogP contribution < -0.4 is 5.32 Å². The molecule has 1 aliphatic carbocycles. The number of likely N-dealkylation sites (N-methyl/N-ethyl adjacent to an activating group) is 1. The summed E-state index contributed by atoms with van der Waals surface area (Å²) in [5.74, 6) is 0.745. The maximum Gasteiger partial charge on any atom is 0.0727 e. The lowest BCUT2D eigenvalue weighted by Gasteiger charge is -2.28. The van der Waals surface area contributed by atoms with Crippen molar-refractivity contribution in [2.45, 2.75) is 96.6 Å². The maximum atomic E-state index is 6.24. The molecular formula is C18H37NO. The molecule has 1 N–H and O–H groups in total. The zero-order valence-corrected chi connectivity index (χ0v) is 14.1. The van der Waals surface area contributed by atoms with Crippen LogP contribution in [0.5, 0.6) is 0 Å². The highest BCUT2D eigenvalue weighted by Gasteiger charge is 2.20. The van der Waals surface area contributed by atoms with Crippen molar-refractivity contribution in [3.63, 3.8) is 0 Å². The molecule has 0 aliphatic heterocycles. The van der Waals surface area contributed by atoms with E-state index in [1.807, 2.05) is 0 Å². The second-order valence-corrected chi connectivity index (χ2v) is 6.89. The molecule has 2 nitrogen and oxygen atoms in total. The van der Waals surface area contributed by atoms with E-state index in [1.54, 1.807) is 0 Å². The van der Waals surface area contributed by atoms with Crippen molar-refractivity contribution in [3.05, 3.63) is 0 Å². The summed E-state index contributed by atoms with van der Waals surface area (Å²) >= 11 is 0. The monoisotopic (exact) mass is 283 g/mol. The first-order chi connectivity index (χ1) is 9.74. The molecule has 0 aromatic carbocycles. The van der Waals surface area contributed by atoms with E-state index in [-0.39, 0.29) is 0 Å². The van der Waals surface area contributed by atoms with E-state index in [0.717, 1.165) is 12.5 Å². The first-order valence-electron chi connectivity index (χ1n) is 9.03. The minimum Gasteiger partial charge on any atom is -0.377 e. The smallest absolute Gasteiger partial charge is 0.0727 e. The number of hydrogen-bond acceptors (Lipinski definition) is 2. The Morgan fingerprint density at radius 3 is 2.00 bits per heavy atom. The average molecular weight is 284 g/mol. The van der Waals surface area contributed by atoms with Gasteiger partial charge in [-0.15, -0.1) is 0 Å². The molecule has 0 spiro atoms. The van der Waals surface area contributed by atoms with Crippen LogP contribution in [0, 0.1) is 5.92 Å². The Morgan fingerprint density at radius 1 is 0.900 bits per heavy atom. The molecule has 2 unspecified atom stereocenters. The van der Waals surface area contributed by atoms with Crippen LogP contribution in [0.15, 0.2) is 0 Å². The Hall–Kier alpha value is -0.0800. The number of nitrogens with one attached hydrogen (secondary N) is 1. The van der Waals surface area contributed by atoms with Crippen LogP contribution in [0.25, 0.3) is 0 Å². The highest BCUT2D eigenvalue weighted by molar-refractivity contribution is 4.76. The molecule has 1 saturated carbocycles. The second kappa shape index (κ2) is 11.6. The fraction of sp³-hybridized carbons (Fsp3) is 1.00. The number of hydrogen-bond donors (Lipinski definition) is 1. The fourth-order valence-electron chi connectivity index (χ4n) is 3.14. The summed E-state index contributed by atoms with van der Waals surface area (Å²) in [5, 5.41) is 3.52. The molecule has 0 amide bonds. The summed E-state index contributed by atoms with van der Waals surface area (Å²) < 4.78 is 6.24. The van der Waals surface area contributed by atoms with E-state index in [1.165, 1.54) is 70.6 Å². The van der Waals surface area contributed by atoms with Gasteiger partial charge in [0, 0.05) is 12.6 Å². The minimum absolute atomic E-state index is 0.429. The zero-order chi connectivity index (χ0) is 14.6. The lowest BCUT2D eigenvalue weighted by Crippen LogP contribution is -2.39. The van der Waals surface area contributed by atoms with Gasteiger partial charge in [-0.3, -0.25) is 0 Å². The van der Waals surface area contributed by atoms with Crippen molar-refractivity contribution < 1.29 is 4.74 Å². The molecule has 2 atom stereocenters. The van der Waals surface area contributed by atoms with Gasteiger partial charge in [-0.05, 0) is 32.2 Å². The Kier molecular flexibility index (Phi) is 10.4. The first-order valence-corrected chi connectivity index (χ1v) is 9.03. The van der Waals surface area contributed by atoms with E-state index >= 15 is 0 Å². The Morgan fingerprint density at radius 2 is 1.45 bits per heavy atom. The Balaban J connectivity index is 2.42. The van der Waals surface area contributed by atoms with Gasteiger partial charge in [-0.1, -0.05) is 65.2 Å². The topological polar surface area (TPSA) is 21.3 Å². The van der Waals surface area contributed by atoms with Crippen LogP contribution in [-0.4, -0.2) is 25.8 Å². The molecular weight excluding hydrogens is 246 g/mol. The predicted octanol–water partition coefficient (Wildman–Crippen LogP) is 4.92. The largest absolute Gasteiger partial charge is 0.377 e. The lowest BCUT2D eigenvalue weighted by atomic mass is 9.95. The third-order valence-corrected chi connectivity index (χ3v) is 4.60. The van der Waals surface area contributed by atoms with Crippen molar-refractivity contribution in [3.8, 4) is 0 Å². The van der Waals surface area contributed by atoms with Crippen LogP contribution in [0.3, 0.4) is 0 Å². The molecule has 20 heavy (non-hydrogen) atoms. The number of ether oxygens (including phenoxy) is 1. The summed E-state index contributed by atoms with van der Waals surface area (Å²) in [7, 11) is 2.11. The third-order valence-electron chi connectivity index (χ3n) is 4.60. The molecule has 1 fully saturated rings. The van der Waals surface area contributed by atoms with E-state index in [2.05, 4.69) is 26.2 Å². The highest BCUT2D eigenvalue weighted by Crippen LogP contribution is 2.19. The van der Waals surface area contributed by atoms with Gasteiger partial charge in [0.2, 0.25) is 0 Å². The quantitative estimate of drug-likeness (QED) is 0.773. The van der Waals surface area contributed by atoms with E-state index in [0.29, 0.717) is 12.1 Å². The van der Waals surface area contributed by atoms with Crippen molar-refractivity contribution in [2.75, 3.05) is 13.7 Å². The van der Waals surface area contributed by atoms with Crippen molar-refractivity contribution >= 4 is 0 Å². The average Bonchev–Trinajstić information content (AvgIpc) is 2.41. The van der Waals surface area contributed by atoms with Crippen LogP contribution >= 0.6 is 0 Å². The third kappa shape index (κ3) is 8.26. The van der Waals surface area contributed by atoms with Gasteiger partial charge < -0.3 is 10.1 Å². The molecule has 1 aliphatic rings. The van der Waals surface area contributed by atoms with Crippen LogP contribution in [-0.2, 0) is 4.74 Å². The van der Waals surface area contributed by atoms with Gasteiger partial charge in [0.25, 0.3) is 0 Å². The summed E-state index contributed by atoms with van der Waals surface area (Å²) in [6, 6.07) is 0.557. The first kappa shape index (κ1) is 18.0. The standard InChI is InChI=1S/C18H37NO/c1-16(2)14-15-20-18-13-11-9-7-5-4-6-8-10-12-17(18)19-3/h16-19H,4-15H2,1-3H3. The Bertz CT molecular complexity index is 217. The minimum atomic E-state index is 0.429. The summed E-state index contributed by atoms with van der Waals surface area (Å²) in [4.78, 5) is 0. The normalized spacial score (nSPS) is 27.0. The van der Waals surface area contributed by atoms with Crippen molar-refractivity contribution in [1.29, 1.82) is 0 Å². The lowest BCUT2D eigenvalue weighted by molar-refractivity contribution is 0.0128. The molecule has 0 bridgehead atoms. The molecule has 0 heterocycles. The predicted molar refractivity (Wildman–Crippen MR) is 88.2 cm³/mol. The summed E-state index contributed by atoms with van der Waals surface area (Å²) in [6.07, 6.45) is 15.3. The van der Waals surface area contributed by atoms with Gasteiger partial charge in [0.15, 0.2) is 0 Å². The van der Waals surface area contributed by atoms with Crippen molar-refractivity contribution in [2.24, 2.45) is 5.92 Å². The summed E-state index contributed by atoms with van der Waals surface area (Å²) in [5.41, 5.74) is 0. The van der Waals surface area contributed by atoms with Crippen LogP contribution in [0.4, 0.5) is 0 Å². The summed E-state index contributed by atoms with van der Waals surface area (Å²) in [6.45, 7) is 5.49. The Labute approximate surface area is 127 Å². The van der Waals surface area contributed by atoms with Gasteiger partial charge in [-0.2, -0.15) is 0 Å². The molecule has 0 saturated heterocycles. The molecule has 0 radical (unpaired) electrons. The molecule has 0 aromatic rings. The van der Waals surface area contributed by atoms with Crippen molar-refractivity contribution in [1.82, 2.24) is 5.32 Å². The number of rotatable bonds is 5. The van der Waals surface area contributed by atoms with E-state index in [4.69, 9.17) is 4.74 Å². The van der Waals surface area contributed by atoms with Gasteiger partial charge in [0.05, 0.1) is 6.10 Å². The van der Waals surface area contributed by atoms with Gasteiger partial charge >= 0.3 is 0 Å². The molecule has 2 heteroatoms. The SMILES string of the molecule is CNC1CCCCCCCCCCC1OCCC(C)C. The van der Waals surface area contributed by atoms with Gasteiger partial charge in [-0.25, -0.2) is 0 Å². The molecule has 1 rings (SSSR count). The second-order valence-electron chi connectivity index (χ2n) is 6.89. The highest BCUT2D eigenvalue weighted by atomic mass is 16.5. The molecule has 120 valence electrons. The zero-order valence-electron chi connectivity index (χ0n) is 14.1. The molecule has 0 aromatic heterocycles. The van der Waals surface area contributed by atoms with E-state index in [9.17, 15) is 0 Å². The van der Waals surface area contributed by atoms with Crippen LogP contribution in [0.2, 0.25) is 0 Å². The fourth-order valence-corrected chi connectivity index (χ4v) is 3.14.